The third kappa shape index (κ3) is 2.08. The van der Waals surface area contributed by atoms with Crippen molar-refractivity contribution in [3.63, 3.8) is 0 Å². The highest BCUT2D eigenvalue weighted by molar-refractivity contribution is 6.91. The Morgan fingerprint density at radius 2 is 2.25 bits per heavy atom. The summed E-state index contributed by atoms with van der Waals surface area (Å²) in [7, 11) is 1.86. The van der Waals surface area contributed by atoms with E-state index >= 15 is 0 Å². The maximum atomic E-state index is 3.43. The molecule has 0 atom stereocenters. The summed E-state index contributed by atoms with van der Waals surface area (Å²) < 4.78 is 0. The first-order chi connectivity index (χ1) is 1.91. The largest absolute Gasteiger partial charge is 0.172 e. The Labute approximate surface area is 31.2 Å². The van der Waals surface area contributed by atoms with Gasteiger partial charge in [0.25, 0.3) is 0 Å². The molecule has 2 heteroatoms. The third-order valence-corrected chi connectivity index (χ3v) is 1.84. The number of hydrogen-bond donors (Lipinski definition) is 0. The van der Waals surface area contributed by atoms with E-state index in [0.717, 1.165) is 0 Å². The van der Waals surface area contributed by atoms with Crippen molar-refractivity contribution in [3.8, 4) is 0 Å². The highest BCUT2D eigenvalue weighted by Gasteiger charge is 1.28. The van der Waals surface area contributed by atoms with Crippen molar-refractivity contribution in [2.75, 3.05) is 0 Å². The summed E-state index contributed by atoms with van der Waals surface area (Å²) >= 11 is 0. The Balaban J connectivity index is 3.11. The molecule has 0 radical (unpaired) electrons. The van der Waals surface area contributed by atoms with Crippen molar-refractivity contribution in [2.45, 2.75) is 0 Å². The van der Waals surface area contributed by atoms with E-state index in [1.54, 1.807) is 0 Å². The van der Waals surface area contributed by atoms with Gasteiger partial charge in [0.1, 0.15) is 0 Å². The van der Waals surface area contributed by atoms with Crippen molar-refractivity contribution in [1.29, 1.82) is 0 Å². The van der Waals surface area contributed by atoms with Gasteiger partial charge in [0.05, 0.1) is 0 Å². The van der Waals surface area contributed by atoms with Gasteiger partial charge in [-0.3, -0.25) is 0 Å². The van der Waals surface area contributed by atoms with E-state index in [1.807, 2.05) is 0 Å². The predicted molar refractivity (Wildman–Crippen MR) is 27.7 cm³/mol. The Bertz CT molecular complexity index is 42.0. The molecule has 0 rings (SSSR count). The normalized spacial score (nSPS) is 5.00. The smallest absolute Gasteiger partial charge is 0.0267 e. The van der Waals surface area contributed by atoms with E-state index in [1.165, 1.54) is 9.76 Å². The first-order valence-corrected chi connectivity index (χ1v) is 6.42. The van der Waals surface area contributed by atoms with Crippen LogP contribution in [0.3, 0.4) is 0 Å². The minimum atomic E-state index is 0.560. The number of hydrogen-bond acceptors (Lipinski definition) is 0. The van der Waals surface area contributed by atoms with E-state index in [-0.39, 0.29) is 0 Å². The highest BCUT2D eigenvalue weighted by atomic mass is 29.1. The molecule has 0 aromatic rings. The first kappa shape index (κ1) is 4.08. The Morgan fingerprint density at radius 1 is 2.00 bits per heavy atom. The van der Waals surface area contributed by atoms with Gasteiger partial charge < -0.3 is 0 Å². The van der Waals surface area contributed by atoms with Gasteiger partial charge in [-0.05, 0) is 0 Å². The molecule has 0 aliphatic carbocycles. The molecule has 0 aromatic heterocycles. The van der Waals surface area contributed by atoms with Crippen molar-refractivity contribution in [3.05, 3.63) is 6.58 Å². The molecule has 0 saturated carbocycles. The van der Waals surface area contributed by atoms with Crippen LogP contribution in [0, 0.1) is 0 Å². The fourth-order valence-corrected chi connectivity index (χ4v) is 0. The maximum absolute atomic E-state index is 3.43. The molecular formula is C2H6Si2. The maximum Gasteiger partial charge on any atom is 0.0267 e. The van der Waals surface area contributed by atoms with Gasteiger partial charge in [-0.2, -0.15) is 5.33 Å². The summed E-state index contributed by atoms with van der Waals surface area (Å²) in [6, 6.07) is 0. The second kappa shape index (κ2) is 3.08. The van der Waals surface area contributed by atoms with Crippen LogP contribution in [-0.2, 0) is 0 Å². The molecule has 0 N–H and O–H groups in total. The molecule has 0 nitrogen and oxygen atoms in total. The van der Waals surface area contributed by atoms with E-state index in [9.17, 15) is 0 Å². The Morgan fingerprint density at radius 3 is 2.25 bits per heavy atom. The summed E-state index contributed by atoms with van der Waals surface area (Å²) in [6.45, 7) is 3.43. The van der Waals surface area contributed by atoms with Gasteiger partial charge in [0.15, 0.2) is 0 Å². The molecule has 0 aliphatic rings. The summed E-state index contributed by atoms with van der Waals surface area (Å²) in [5, 5.41) is 2.83. The lowest BCUT2D eigenvalue weighted by Crippen LogP contribution is -1.64. The lowest BCUT2D eigenvalue weighted by atomic mass is 11.3. The van der Waals surface area contributed by atoms with Gasteiger partial charge >= 0.3 is 0 Å². The van der Waals surface area contributed by atoms with Gasteiger partial charge in [0, 0.05) is 18.4 Å². The molecule has 0 saturated heterocycles. The van der Waals surface area contributed by atoms with E-state index in [4.69, 9.17) is 0 Å². The average Bonchev–Trinajstić information content (AvgIpc) is 1.37. The lowest BCUT2D eigenvalue weighted by Gasteiger charge is -1.34. The molecule has 4 heavy (non-hydrogen) atoms. The van der Waals surface area contributed by atoms with Crippen molar-refractivity contribution < 1.29 is 0 Å². The Hall–Kier alpha value is 0.0838. The minimum absolute atomic E-state index is 0.560. The summed E-state index contributed by atoms with van der Waals surface area (Å²) in [6.07, 6.45) is 0. The second-order valence-corrected chi connectivity index (χ2v) is 3.21. The van der Waals surface area contributed by atoms with Crippen LogP contribution in [0.15, 0.2) is 6.58 Å². The van der Waals surface area contributed by atoms with Crippen LogP contribution in [-0.4, -0.2) is 23.7 Å². The quantitative estimate of drug-likeness (QED) is 0.308. The monoisotopic (exact) mass is 86.0 g/mol. The van der Waals surface area contributed by atoms with Gasteiger partial charge in [-0.15, -0.1) is 0 Å². The van der Waals surface area contributed by atoms with Crippen molar-refractivity contribution >= 4 is 23.7 Å². The standard InChI is InChI=1S/C2H6Si2/c1-2-4-3/h4H,1H2,3H3. The lowest BCUT2D eigenvalue weighted by molar-refractivity contribution is 3.20. The van der Waals surface area contributed by atoms with E-state index < -0.39 is 0 Å². The second-order valence-electron chi connectivity index (χ2n) is 0.493. The zero-order valence-electron chi connectivity index (χ0n) is 2.78. The first-order valence-electron chi connectivity index (χ1n) is 1.22. The van der Waals surface area contributed by atoms with Crippen molar-refractivity contribution in [1.82, 2.24) is 0 Å². The van der Waals surface area contributed by atoms with Crippen LogP contribution >= 0.6 is 0 Å². The van der Waals surface area contributed by atoms with Gasteiger partial charge in [-0.25, -0.2) is 0 Å². The fraction of sp³-hybridized carbons (Fsp3) is 0. The van der Waals surface area contributed by atoms with E-state index in [0.29, 0.717) is 8.65 Å². The zero-order valence-corrected chi connectivity index (χ0v) is 5.94. The Kier molecular flexibility index (Phi) is 3.15. The van der Waals surface area contributed by atoms with Crippen LogP contribution in [0.25, 0.3) is 0 Å². The molecule has 22 valence electrons. The SMILES string of the molecule is C=C=[SiH][SiH3]. The van der Waals surface area contributed by atoms with Crippen LogP contribution in [0.4, 0.5) is 0 Å². The van der Waals surface area contributed by atoms with Crippen molar-refractivity contribution in [2.24, 2.45) is 0 Å². The van der Waals surface area contributed by atoms with Gasteiger partial charge in [-0.1, -0.05) is 6.58 Å². The average molecular weight is 86.2 g/mol. The number of rotatable bonds is 0. The topological polar surface area (TPSA) is 0 Å². The fourth-order valence-electron chi connectivity index (χ4n) is 0. The summed E-state index contributed by atoms with van der Waals surface area (Å²) in [4.78, 5) is 0. The van der Waals surface area contributed by atoms with Crippen LogP contribution < -0.4 is 0 Å². The minimum Gasteiger partial charge on any atom is -0.172 e. The zero-order chi connectivity index (χ0) is 3.41. The molecule has 0 amide bonds. The molecule has 0 spiro atoms. The molecule has 0 aromatic carbocycles. The molecule has 0 aliphatic heterocycles. The van der Waals surface area contributed by atoms with Gasteiger partial charge in [0.2, 0.25) is 0 Å². The molecular weight excluding hydrogens is 80.2 g/mol. The summed E-state index contributed by atoms with van der Waals surface area (Å²) in [5.41, 5.74) is 0. The third-order valence-electron chi connectivity index (χ3n) is 0.204. The van der Waals surface area contributed by atoms with Crippen LogP contribution in [0.5, 0.6) is 0 Å². The highest BCUT2D eigenvalue weighted by Crippen LogP contribution is 1.02. The van der Waals surface area contributed by atoms with Crippen LogP contribution in [0.2, 0.25) is 0 Å². The van der Waals surface area contributed by atoms with Crippen LogP contribution in [0.1, 0.15) is 0 Å². The molecule has 0 heterocycles. The summed E-state index contributed by atoms with van der Waals surface area (Å²) in [5.74, 6) is 0. The molecule has 0 bridgehead atoms. The van der Waals surface area contributed by atoms with E-state index in [2.05, 4.69) is 11.9 Å². The molecule has 0 unspecified atom stereocenters. The predicted octanol–water partition coefficient (Wildman–Crippen LogP) is -1.71. The molecule has 0 fully saturated rings.